The van der Waals surface area contributed by atoms with Crippen LogP contribution in [-0.2, 0) is 43.0 Å². The maximum Gasteiger partial charge on any atom is 0.410 e. The molecule has 5 fully saturated rings. The first kappa shape index (κ1) is 80.2. The van der Waals surface area contributed by atoms with E-state index >= 15 is 0 Å². The van der Waals surface area contributed by atoms with Crippen LogP contribution < -0.4 is 5.32 Å². The molecule has 0 unspecified atom stereocenters. The molecule has 5 aliphatic heterocycles. The summed E-state index contributed by atoms with van der Waals surface area (Å²) in [4.78, 5) is 50.7. The Morgan fingerprint density at radius 3 is 1.10 bits per heavy atom. The van der Waals surface area contributed by atoms with Crippen LogP contribution in [0.4, 0.5) is 14.4 Å². The molecule has 0 aromatic heterocycles. The minimum absolute atomic E-state index is 0. The molecule has 474 valence electrons. The van der Waals surface area contributed by atoms with Crippen LogP contribution in [-0.4, -0.2) is 179 Å². The minimum atomic E-state index is -0.769. The Kier molecular flexibility index (Phi) is 40.7. The van der Waals surface area contributed by atoms with Gasteiger partial charge in [0, 0.05) is 64.9 Å². The molecule has 5 heterocycles. The van der Waals surface area contributed by atoms with Crippen LogP contribution in [0.5, 0.6) is 0 Å². The van der Waals surface area contributed by atoms with E-state index in [-0.39, 0.29) is 75.5 Å². The van der Waals surface area contributed by atoms with Crippen molar-refractivity contribution in [2.75, 3.05) is 72.7 Å². The zero-order valence-corrected chi connectivity index (χ0v) is 52.3. The predicted octanol–water partition coefficient (Wildman–Crippen LogP) is 9.99. The van der Waals surface area contributed by atoms with Gasteiger partial charge in [0.15, 0.2) is 0 Å². The fourth-order valence-corrected chi connectivity index (χ4v) is 9.16. The molecule has 0 saturated carbocycles. The standard InChI is InChI=1S/2C17H25NO3.C12H17NO.C10H17NO4.C4H8O.C2H4.CH4O.CH4.2ClH/c2*1-17(2,3)21-16(20)18-11-14(15(19)12-18)10-9-13-7-5-4-6-8-13;14-12-9-13-8-11(12)7-6-10-4-2-1-3-5-10;1-10(2,3)15-9(14)11-4-7(6-12)8(13)5-11;1-2-4-5-3-1;2*1-2;;;/h2*4-8,14-15,19H,9-12H2,1-3H3;1-5,11-14H,6-9H2;6-8,13H,4-5H2,1-3H3;1-4H2;1-2H2;2H,1H3;1H4;2*1H/t2*14-,15-;11-,12-;7-,8+;;;;;;/m0001....../s1. The van der Waals surface area contributed by atoms with E-state index in [0.29, 0.717) is 38.4 Å². The number of halogens is 2. The third kappa shape index (κ3) is 33.5. The normalized spacial score (nSPS) is 22.2. The van der Waals surface area contributed by atoms with E-state index < -0.39 is 47.1 Å². The van der Waals surface area contributed by atoms with Gasteiger partial charge in [-0.15, -0.1) is 38.0 Å². The summed E-state index contributed by atoms with van der Waals surface area (Å²) in [5.74, 6) is 0.197. The smallest absolute Gasteiger partial charge is 0.410 e. The molecule has 3 aromatic carbocycles. The molecule has 3 amide bonds. The van der Waals surface area contributed by atoms with Gasteiger partial charge in [0.1, 0.15) is 23.1 Å². The lowest BCUT2D eigenvalue weighted by molar-refractivity contribution is -0.112. The van der Waals surface area contributed by atoms with Crippen LogP contribution in [0, 0.1) is 23.7 Å². The summed E-state index contributed by atoms with van der Waals surface area (Å²) >= 11 is 0. The summed E-state index contributed by atoms with van der Waals surface area (Å²) in [6.45, 7) is 28.4. The van der Waals surface area contributed by atoms with Gasteiger partial charge in [-0.25, -0.2) is 14.4 Å². The number of aldehydes is 1. The van der Waals surface area contributed by atoms with Gasteiger partial charge in [-0.2, -0.15) is 0 Å². The highest BCUT2D eigenvalue weighted by molar-refractivity contribution is 5.85. The number of aliphatic hydroxyl groups is 5. The first-order valence-corrected chi connectivity index (χ1v) is 28.4. The van der Waals surface area contributed by atoms with Gasteiger partial charge in [0.05, 0.1) is 50.0 Å². The van der Waals surface area contributed by atoms with Crippen molar-refractivity contribution in [3.63, 3.8) is 0 Å². The number of rotatable bonds is 10. The molecule has 17 nitrogen and oxygen atoms in total. The summed E-state index contributed by atoms with van der Waals surface area (Å²) < 4.78 is 20.8. The maximum atomic E-state index is 12.0. The predicted molar refractivity (Wildman–Crippen MR) is 335 cm³/mol. The van der Waals surface area contributed by atoms with E-state index in [0.717, 1.165) is 71.9 Å². The molecule has 19 heteroatoms. The second kappa shape index (κ2) is 42.1. The number of ether oxygens (including phenoxy) is 4. The van der Waals surface area contributed by atoms with E-state index in [2.05, 4.69) is 67.0 Å². The van der Waals surface area contributed by atoms with E-state index in [1.54, 1.807) is 30.6 Å². The highest BCUT2D eigenvalue weighted by atomic mass is 35.5. The van der Waals surface area contributed by atoms with Crippen molar-refractivity contribution in [1.82, 2.24) is 20.0 Å². The van der Waals surface area contributed by atoms with Crippen molar-refractivity contribution in [2.24, 2.45) is 23.7 Å². The number of aliphatic hydroxyl groups excluding tert-OH is 5. The molecule has 8 atom stereocenters. The molecule has 0 radical (unpaired) electrons. The monoisotopic (exact) mass is 1210 g/mol. The third-order valence-electron chi connectivity index (χ3n) is 13.3. The quantitative estimate of drug-likeness (QED) is 0.0631. The molecular weight excluding hydrogens is 1100 g/mol. The van der Waals surface area contributed by atoms with Crippen molar-refractivity contribution < 1.29 is 63.7 Å². The zero-order chi connectivity index (χ0) is 59.9. The van der Waals surface area contributed by atoms with E-state index in [1.165, 1.54) is 34.4 Å². The molecular formula is C64H106Cl2N4O13. The lowest BCUT2D eigenvalue weighted by Gasteiger charge is -2.24. The van der Waals surface area contributed by atoms with Crippen LogP contribution in [0.3, 0.4) is 0 Å². The highest BCUT2D eigenvalue weighted by Crippen LogP contribution is 2.26. The van der Waals surface area contributed by atoms with Crippen molar-refractivity contribution in [3.8, 4) is 0 Å². The molecule has 8 rings (SSSR count). The van der Waals surface area contributed by atoms with Gasteiger partial charge in [-0.3, -0.25) is 0 Å². The summed E-state index contributed by atoms with van der Waals surface area (Å²) in [5, 5.41) is 49.5. The van der Waals surface area contributed by atoms with Gasteiger partial charge >= 0.3 is 18.3 Å². The molecule has 0 spiro atoms. The average Bonchev–Trinajstić information content (AvgIpc) is 4.45. The number of nitrogens with one attached hydrogen (secondary N) is 1. The second-order valence-corrected chi connectivity index (χ2v) is 23.6. The number of β-amino-alcohol motifs (C(OH)–C–C–N with tert-alkyl or cyclic N) is 4. The first-order chi connectivity index (χ1) is 37.9. The van der Waals surface area contributed by atoms with Gasteiger partial charge in [0.25, 0.3) is 0 Å². The zero-order valence-electron chi connectivity index (χ0n) is 50.7. The van der Waals surface area contributed by atoms with Crippen molar-refractivity contribution >= 4 is 49.4 Å². The number of hydrogen-bond acceptors (Lipinski definition) is 14. The number of carbonyl (C=O) groups excluding carboxylic acids is 4. The minimum Gasteiger partial charge on any atom is -0.444 e. The van der Waals surface area contributed by atoms with Crippen LogP contribution in [0.15, 0.2) is 104 Å². The Morgan fingerprint density at radius 2 is 0.831 bits per heavy atom. The largest absolute Gasteiger partial charge is 0.444 e. The van der Waals surface area contributed by atoms with Crippen molar-refractivity contribution in [1.29, 1.82) is 0 Å². The average molecular weight is 1210 g/mol. The topological polar surface area (TPSA) is 228 Å². The Bertz CT molecular complexity index is 2070. The van der Waals surface area contributed by atoms with E-state index in [1.807, 2.05) is 84.0 Å². The number of aryl methyl sites for hydroxylation is 3. The summed E-state index contributed by atoms with van der Waals surface area (Å²) in [6, 6.07) is 30.9. The van der Waals surface area contributed by atoms with Crippen LogP contribution in [0.2, 0.25) is 0 Å². The molecule has 5 aliphatic rings. The summed E-state index contributed by atoms with van der Waals surface area (Å²) in [7, 11) is 1.00. The van der Waals surface area contributed by atoms with Crippen LogP contribution in [0.1, 0.15) is 119 Å². The SMILES string of the molecule is C.C1CCOC1.C=C.CC(C)(C)OC(=O)N1C[C@H](CCc2ccccc2)[C@@H](O)C1.CC(C)(C)OC(=O)N1C[C@H](CCc2ccccc2)[C@@H](O)C1.CC(C)(C)OC(=O)N1C[C@H](O)[C@@H](C=O)C1.CO.Cl.Cl.O[C@H]1CNC[C@@H]1CCc1ccccc1. The summed E-state index contributed by atoms with van der Waals surface area (Å²) in [6.07, 6.45) is 6.02. The molecule has 5 saturated heterocycles. The van der Waals surface area contributed by atoms with Crippen molar-refractivity contribution in [2.45, 2.75) is 162 Å². The van der Waals surface area contributed by atoms with E-state index in [4.69, 9.17) is 24.1 Å². The molecule has 83 heavy (non-hydrogen) atoms. The van der Waals surface area contributed by atoms with Crippen molar-refractivity contribution in [3.05, 3.63) is 121 Å². The van der Waals surface area contributed by atoms with Crippen LogP contribution >= 0.6 is 24.8 Å². The van der Waals surface area contributed by atoms with Crippen LogP contribution in [0.25, 0.3) is 0 Å². The number of nitrogens with zero attached hydrogens (tertiary/aromatic N) is 3. The lowest BCUT2D eigenvalue weighted by Crippen LogP contribution is -2.35. The van der Waals surface area contributed by atoms with Gasteiger partial charge < -0.3 is 69.3 Å². The third-order valence-corrected chi connectivity index (χ3v) is 13.3. The second-order valence-electron chi connectivity index (χ2n) is 23.6. The molecule has 6 N–H and O–H groups in total. The number of carbonyl (C=O) groups is 4. The van der Waals surface area contributed by atoms with Gasteiger partial charge in [0.2, 0.25) is 0 Å². The van der Waals surface area contributed by atoms with E-state index in [9.17, 15) is 39.6 Å². The molecule has 0 bridgehead atoms. The molecule has 3 aromatic rings. The Balaban J connectivity index is 0. The number of amides is 3. The van der Waals surface area contributed by atoms with Gasteiger partial charge in [-0.1, -0.05) is 98.4 Å². The fraction of sp³-hybridized carbons (Fsp3) is 0.625. The van der Waals surface area contributed by atoms with Gasteiger partial charge in [-0.05, 0) is 136 Å². The number of likely N-dealkylation sites (tertiary alicyclic amines) is 3. The molecule has 0 aliphatic carbocycles. The first-order valence-electron chi connectivity index (χ1n) is 28.4. The Morgan fingerprint density at radius 1 is 0.518 bits per heavy atom. The summed E-state index contributed by atoms with van der Waals surface area (Å²) in [5.41, 5.74) is 2.35. The fourth-order valence-electron chi connectivity index (χ4n) is 9.16. The Hall–Kier alpha value is -4.82. The maximum absolute atomic E-state index is 12.0. The number of benzene rings is 3. The lowest BCUT2D eigenvalue weighted by atomic mass is 9.97. The number of hydrogen-bond donors (Lipinski definition) is 6. The highest BCUT2D eigenvalue weighted by Gasteiger charge is 2.38. The Labute approximate surface area is 510 Å².